The Hall–Kier alpha value is -1.10. The highest BCUT2D eigenvalue weighted by Gasteiger charge is 2.28. The number of aliphatic carboxylic acids is 1. The normalized spacial score (nSPS) is 22.8. The summed E-state index contributed by atoms with van der Waals surface area (Å²) in [6.07, 6.45) is 5.53. The van der Waals surface area contributed by atoms with Crippen LogP contribution in [0.2, 0.25) is 0 Å². The van der Waals surface area contributed by atoms with Gasteiger partial charge in [0.25, 0.3) is 0 Å². The van der Waals surface area contributed by atoms with Crippen molar-refractivity contribution in [3.63, 3.8) is 0 Å². The van der Waals surface area contributed by atoms with Crippen LogP contribution in [0.4, 0.5) is 0 Å². The molecule has 116 valence electrons. The molecule has 0 spiro atoms. The SMILES string of the molecule is CCCN(CC(=O)O)CC(=O)N(C)C1CCCCC1C. The Bertz CT molecular complexity index is 333. The van der Waals surface area contributed by atoms with E-state index in [2.05, 4.69) is 6.92 Å². The Morgan fingerprint density at radius 3 is 2.40 bits per heavy atom. The summed E-state index contributed by atoms with van der Waals surface area (Å²) < 4.78 is 0. The second kappa shape index (κ2) is 8.25. The van der Waals surface area contributed by atoms with Gasteiger partial charge in [0.15, 0.2) is 0 Å². The van der Waals surface area contributed by atoms with Crippen molar-refractivity contribution in [1.82, 2.24) is 9.80 Å². The van der Waals surface area contributed by atoms with Gasteiger partial charge in [-0.3, -0.25) is 14.5 Å². The molecular formula is C15H28N2O3. The first-order chi connectivity index (χ1) is 9.45. The van der Waals surface area contributed by atoms with Crippen LogP contribution in [-0.2, 0) is 9.59 Å². The van der Waals surface area contributed by atoms with Crippen LogP contribution in [0.15, 0.2) is 0 Å². The highest BCUT2D eigenvalue weighted by atomic mass is 16.4. The number of carboxylic acids is 1. The third-order valence-electron chi connectivity index (χ3n) is 4.21. The third-order valence-corrected chi connectivity index (χ3v) is 4.21. The molecule has 0 aliphatic heterocycles. The van der Waals surface area contributed by atoms with Crippen molar-refractivity contribution in [3.8, 4) is 0 Å². The lowest BCUT2D eigenvalue weighted by Gasteiger charge is -2.37. The van der Waals surface area contributed by atoms with Gasteiger partial charge >= 0.3 is 5.97 Å². The van der Waals surface area contributed by atoms with Crippen molar-refractivity contribution in [2.75, 3.05) is 26.7 Å². The molecule has 0 heterocycles. The molecule has 0 bridgehead atoms. The van der Waals surface area contributed by atoms with E-state index in [1.54, 1.807) is 4.90 Å². The molecule has 0 aromatic rings. The van der Waals surface area contributed by atoms with E-state index in [9.17, 15) is 9.59 Å². The van der Waals surface area contributed by atoms with Crippen molar-refractivity contribution in [2.45, 2.75) is 52.0 Å². The van der Waals surface area contributed by atoms with Crippen LogP contribution in [0.25, 0.3) is 0 Å². The third kappa shape index (κ3) is 5.12. The molecule has 0 radical (unpaired) electrons. The number of carboxylic acid groups (broad SMARTS) is 1. The van der Waals surface area contributed by atoms with Gasteiger partial charge in [-0.15, -0.1) is 0 Å². The molecule has 0 saturated heterocycles. The van der Waals surface area contributed by atoms with E-state index in [1.165, 1.54) is 19.3 Å². The van der Waals surface area contributed by atoms with Crippen LogP contribution >= 0.6 is 0 Å². The first-order valence-electron chi connectivity index (χ1n) is 7.65. The number of hydrogen-bond donors (Lipinski definition) is 1. The Morgan fingerprint density at radius 2 is 1.85 bits per heavy atom. The van der Waals surface area contributed by atoms with Crippen molar-refractivity contribution in [3.05, 3.63) is 0 Å². The van der Waals surface area contributed by atoms with Crippen LogP contribution < -0.4 is 0 Å². The van der Waals surface area contributed by atoms with Gasteiger partial charge < -0.3 is 10.0 Å². The zero-order valence-electron chi connectivity index (χ0n) is 13.0. The summed E-state index contributed by atoms with van der Waals surface area (Å²) in [5, 5.41) is 8.89. The lowest BCUT2D eigenvalue weighted by Crippen LogP contribution is -2.47. The predicted molar refractivity (Wildman–Crippen MR) is 78.6 cm³/mol. The smallest absolute Gasteiger partial charge is 0.317 e. The lowest BCUT2D eigenvalue weighted by atomic mass is 9.85. The first-order valence-corrected chi connectivity index (χ1v) is 7.65. The molecule has 0 aromatic heterocycles. The van der Waals surface area contributed by atoms with Crippen LogP contribution in [0.1, 0.15) is 46.0 Å². The van der Waals surface area contributed by atoms with Crippen LogP contribution in [0, 0.1) is 5.92 Å². The summed E-state index contributed by atoms with van der Waals surface area (Å²) in [6.45, 7) is 4.99. The van der Waals surface area contributed by atoms with Gasteiger partial charge in [0, 0.05) is 13.1 Å². The van der Waals surface area contributed by atoms with Crippen molar-refractivity contribution in [2.24, 2.45) is 5.92 Å². The van der Waals surface area contributed by atoms with Crippen molar-refractivity contribution >= 4 is 11.9 Å². The highest BCUT2D eigenvalue weighted by molar-refractivity contribution is 5.79. The Kier molecular flexibility index (Phi) is 6.99. The quantitative estimate of drug-likeness (QED) is 0.774. The summed E-state index contributed by atoms with van der Waals surface area (Å²) in [6, 6.07) is 0.310. The van der Waals surface area contributed by atoms with Gasteiger partial charge in [0.05, 0.1) is 13.1 Å². The van der Waals surface area contributed by atoms with Gasteiger partial charge in [0.2, 0.25) is 5.91 Å². The highest BCUT2D eigenvalue weighted by Crippen LogP contribution is 2.27. The number of nitrogens with zero attached hydrogens (tertiary/aromatic N) is 2. The monoisotopic (exact) mass is 284 g/mol. The summed E-state index contributed by atoms with van der Waals surface area (Å²) in [4.78, 5) is 26.7. The second-order valence-corrected chi connectivity index (χ2v) is 5.94. The molecule has 2 atom stereocenters. The molecule has 1 aliphatic carbocycles. The maximum absolute atomic E-state index is 12.3. The Morgan fingerprint density at radius 1 is 1.20 bits per heavy atom. The molecule has 1 fully saturated rings. The van der Waals surface area contributed by atoms with Gasteiger partial charge in [0.1, 0.15) is 0 Å². The van der Waals surface area contributed by atoms with Gasteiger partial charge in [-0.25, -0.2) is 0 Å². The molecule has 1 N–H and O–H groups in total. The average molecular weight is 284 g/mol. The fourth-order valence-electron chi connectivity index (χ4n) is 3.08. The number of carbonyl (C=O) groups excluding carboxylic acids is 1. The lowest BCUT2D eigenvalue weighted by molar-refractivity contribution is -0.140. The summed E-state index contributed by atoms with van der Waals surface area (Å²) in [5.74, 6) is -0.296. The molecule has 1 amide bonds. The largest absolute Gasteiger partial charge is 0.480 e. The van der Waals surface area contributed by atoms with E-state index in [-0.39, 0.29) is 19.0 Å². The first kappa shape index (κ1) is 17.0. The maximum atomic E-state index is 12.3. The second-order valence-electron chi connectivity index (χ2n) is 5.94. The fourth-order valence-corrected chi connectivity index (χ4v) is 3.08. The van der Waals surface area contributed by atoms with E-state index < -0.39 is 5.97 Å². The number of carbonyl (C=O) groups is 2. The van der Waals surface area contributed by atoms with Crippen molar-refractivity contribution in [1.29, 1.82) is 0 Å². The number of hydrogen-bond acceptors (Lipinski definition) is 3. The zero-order valence-corrected chi connectivity index (χ0v) is 13.0. The van der Waals surface area contributed by atoms with E-state index in [0.29, 0.717) is 18.5 Å². The number of rotatable bonds is 7. The van der Waals surface area contributed by atoms with Gasteiger partial charge in [-0.1, -0.05) is 26.7 Å². The van der Waals surface area contributed by atoms with Gasteiger partial charge in [-0.05, 0) is 31.7 Å². The summed E-state index contributed by atoms with van der Waals surface area (Å²) in [5.41, 5.74) is 0. The Balaban J connectivity index is 2.55. The maximum Gasteiger partial charge on any atom is 0.317 e. The summed E-state index contributed by atoms with van der Waals surface area (Å²) in [7, 11) is 1.86. The fraction of sp³-hybridized carbons (Fsp3) is 0.867. The molecule has 1 saturated carbocycles. The Labute approximate surface area is 121 Å². The molecule has 20 heavy (non-hydrogen) atoms. The molecule has 2 unspecified atom stereocenters. The minimum absolute atomic E-state index is 0.0402. The topological polar surface area (TPSA) is 60.9 Å². The minimum Gasteiger partial charge on any atom is -0.480 e. The molecule has 5 heteroatoms. The number of amides is 1. The zero-order chi connectivity index (χ0) is 15.1. The molecule has 5 nitrogen and oxygen atoms in total. The van der Waals surface area contributed by atoms with E-state index in [0.717, 1.165) is 12.8 Å². The van der Waals surface area contributed by atoms with Crippen LogP contribution in [0.3, 0.4) is 0 Å². The molecular weight excluding hydrogens is 256 g/mol. The van der Waals surface area contributed by atoms with E-state index in [1.807, 2.05) is 18.9 Å². The van der Waals surface area contributed by atoms with E-state index in [4.69, 9.17) is 5.11 Å². The predicted octanol–water partition coefficient (Wildman–Crippen LogP) is 1.82. The standard InChI is InChI=1S/C15H28N2O3/c1-4-9-17(11-15(19)20)10-14(18)16(3)13-8-6-5-7-12(13)2/h12-13H,4-11H2,1-3H3,(H,19,20). The average Bonchev–Trinajstić information content (AvgIpc) is 2.38. The summed E-state index contributed by atoms with van der Waals surface area (Å²) >= 11 is 0. The van der Waals surface area contributed by atoms with Gasteiger partial charge in [-0.2, -0.15) is 0 Å². The van der Waals surface area contributed by atoms with E-state index >= 15 is 0 Å². The van der Waals surface area contributed by atoms with Crippen LogP contribution in [-0.4, -0.2) is 59.5 Å². The molecule has 0 aromatic carbocycles. The minimum atomic E-state index is -0.875. The number of likely N-dealkylation sites (N-methyl/N-ethyl adjacent to an activating group) is 1. The molecule has 1 rings (SSSR count). The molecule has 1 aliphatic rings. The van der Waals surface area contributed by atoms with Crippen LogP contribution in [0.5, 0.6) is 0 Å². The van der Waals surface area contributed by atoms with Crippen molar-refractivity contribution < 1.29 is 14.7 Å².